The molecule has 138 valence electrons. The van der Waals surface area contributed by atoms with E-state index in [4.69, 9.17) is 4.52 Å². The summed E-state index contributed by atoms with van der Waals surface area (Å²) in [5.74, 6) is 1.68. The minimum atomic E-state index is -0.422. The molecule has 3 rings (SSSR count). The lowest BCUT2D eigenvalue weighted by Crippen LogP contribution is -2.28. The zero-order valence-electron chi connectivity index (χ0n) is 15.6. The van der Waals surface area contributed by atoms with E-state index >= 15 is 0 Å². The van der Waals surface area contributed by atoms with Gasteiger partial charge < -0.3 is 9.84 Å². The zero-order valence-corrected chi connectivity index (χ0v) is 15.6. The van der Waals surface area contributed by atoms with Gasteiger partial charge in [0.05, 0.1) is 5.69 Å². The lowest BCUT2D eigenvalue weighted by molar-refractivity contribution is 0.0927. The summed E-state index contributed by atoms with van der Waals surface area (Å²) in [6.07, 6.45) is 2.15. The van der Waals surface area contributed by atoms with Crippen LogP contribution in [0.3, 0.4) is 0 Å². The van der Waals surface area contributed by atoms with Gasteiger partial charge in [0.25, 0.3) is 11.7 Å². The first-order chi connectivity index (χ1) is 12.3. The number of hydrogen-bond acceptors (Lipinski definition) is 7. The van der Waals surface area contributed by atoms with Crippen LogP contribution in [0, 0.1) is 5.92 Å². The van der Waals surface area contributed by atoms with Crippen molar-refractivity contribution in [1.29, 1.82) is 0 Å². The fourth-order valence-corrected chi connectivity index (χ4v) is 2.59. The van der Waals surface area contributed by atoms with Gasteiger partial charge in [0, 0.05) is 6.42 Å². The van der Waals surface area contributed by atoms with Crippen LogP contribution >= 0.6 is 0 Å². The summed E-state index contributed by atoms with van der Waals surface area (Å²) in [5.41, 5.74) is 1.14. The first-order valence-corrected chi connectivity index (χ1v) is 8.69. The van der Waals surface area contributed by atoms with Gasteiger partial charge in [-0.2, -0.15) is 15.1 Å². The molecule has 9 heteroatoms. The highest BCUT2D eigenvalue weighted by molar-refractivity contribution is 5.93. The highest BCUT2D eigenvalue weighted by Crippen LogP contribution is 2.17. The lowest BCUT2D eigenvalue weighted by Gasteiger charge is -2.12. The van der Waals surface area contributed by atoms with Crippen LogP contribution in [0.4, 0.5) is 0 Å². The molecule has 3 aromatic heterocycles. The van der Waals surface area contributed by atoms with Gasteiger partial charge in [-0.25, -0.2) is 9.50 Å². The number of nitrogens with one attached hydrogen (secondary N) is 1. The van der Waals surface area contributed by atoms with Crippen LogP contribution in [0.1, 0.15) is 74.5 Å². The standard InChI is InChI=1S/C17H23N7O2/c1-9(2)6-14-22-16(26-23-14)11(5)20-15(25)12-7-13(10(3)4)24-17(21-12)18-8-19-24/h7-11H,6H2,1-5H3,(H,20,25). The summed E-state index contributed by atoms with van der Waals surface area (Å²) in [6.45, 7) is 10.0. The summed E-state index contributed by atoms with van der Waals surface area (Å²) in [6, 6.07) is 1.31. The minimum Gasteiger partial charge on any atom is -0.339 e. The van der Waals surface area contributed by atoms with Crippen molar-refractivity contribution in [2.45, 2.75) is 53.0 Å². The second-order valence-electron chi connectivity index (χ2n) is 7.03. The normalized spacial score (nSPS) is 12.9. The predicted octanol–water partition coefficient (Wildman–Crippen LogP) is 2.32. The van der Waals surface area contributed by atoms with Crippen LogP contribution in [0.5, 0.6) is 0 Å². The maximum absolute atomic E-state index is 12.6. The largest absolute Gasteiger partial charge is 0.339 e. The summed E-state index contributed by atoms with van der Waals surface area (Å²) in [7, 11) is 0. The number of carbonyl (C=O) groups excluding carboxylic acids is 1. The quantitative estimate of drug-likeness (QED) is 0.720. The molecule has 9 nitrogen and oxygen atoms in total. The van der Waals surface area contributed by atoms with Gasteiger partial charge in [-0.05, 0) is 24.8 Å². The molecule has 0 aliphatic heterocycles. The molecule has 0 aliphatic rings. The highest BCUT2D eigenvalue weighted by Gasteiger charge is 2.20. The Balaban J connectivity index is 1.79. The van der Waals surface area contributed by atoms with E-state index in [1.54, 1.807) is 17.5 Å². The van der Waals surface area contributed by atoms with E-state index in [2.05, 4.69) is 44.4 Å². The van der Waals surface area contributed by atoms with E-state index in [9.17, 15) is 4.79 Å². The van der Waals surface area contributed by atoms with Gasteiger partial charge in [-0.15, -0.1) is 0 Å². The number of nitrogens with zero attached hydrogens (tertiary/aromatic N) is 6. The smallest absolute Gasteiger partial charge is 0.270 e. The molecule has 1 unspecified atom stereocenters. The number of amides is 1. The fraction of sp³-hybridized carbons (Fsp3) is 0.529. The monoisotopic (exact) mass is 357 g/mol. The first-order valence-electron chi connectivity index (χ1n) is 8.69. The molecule has 0 radical (unpaired) electrons. The predicted molar refractivity (Wildman–Crippen MR) is 93.6 cm³/mol. The third kappa shape index (κ3) is 3.71. The molecule has 0 bridgehead atoms. The van der Waals surface area contributed by atoms with Crippen LogP contribution in [0.2, 0.25) is 0 Å². The number of rotatable bonds is 6. The zero-order chi connectivity index (χ0) is 18.8. The van der Waals surface area contributed by atoms with Crippen LogP contribution in [0.25, 0.3) is 5.78 Å². The summed E-state index contributed by atoms with van der Waals surface area (Å²) in [5, 5.41) is 11.0. The van der Waals surface area contributed by atoms with Crippen molar-refractivity contribution in [3.8, 4) is 0 Å². The summed E-state index contributed by atoms with van der Waals surface area (Å²) >= 11 is 0. The van der Waals surface area contributed by atoms with Gasteiger partial charge in [0.2, 0.25) is 5.89 Å². The van der Waals surface area contributed by atoms with Gasteiger partial charge in [0.1, 0.15) is 18.1 Å². The van der Waals surface area contributed by atoms with Crippen molar-refractivity contribution < 1.29 is 9.32 Å². The Morgan fingerprint density at radius 1 is 1.23 bits per heavy atom. The number of aromatic nitrogens is 6. The number of hydrogen-bond donors (Lipinski definition) is 1. The maximum atomic E-state index is 12.6. The van der Waals surface area contributed by atoms with Gasteiger partial charge in [0.15, 0.2) is 5.82 Å². The molecule has 0 aliphatic carbocycles. The number of fused-ring (bicyclic) bond motifs is 1. The van der Waals surface area contributed by atoms with Crippen molar-refractivity contribution in [3.05, 3.63) is 35.5 Å². The van der Waals surface area contributed by atoms with Gasteiger partial charge >= 0.3 is 0 Å². The maximum Gasteiger partial charge on any atom is 0.270 e. The van der Waals surface area contributed by atoms with E-state index in [1.807, 2.05) is 13.8 Å². The van der Waals surface area contributed by atoms with Crippen LogP contribution in [-0.2, 0) is 6.42 Å². The molecule has 26 heavy (non-hydrogen) atoms. The molecule has 0 saturated carbocycles. The lowest BCUT2D eigenvalue weighted by atomic mass is 10.1. The molecular weight excluding hydrogens is 334 g/mol. The van der Waals surface area contributed by atoms with Crippen molar-refractivity contribution in [2.24, 2.45) is 5.92 Å². The third-order valence-corrected chi connectivity index (χ3v) is 3.90. The van der Waals surface area contributed by atoms with E-state index in [-0.39, 0.29) is 17.5 Å². The molecule has 1 atom stereocenters. The van der Waals surface area contributed by atoms with Crippen LogP contribution in [0.15, 0.2) is 16.9 Å². The minimum absolute atomic E-state index is 0.167. The topological polar surface area (TPSA) is 111 Å². The highest BCUT2D eigenvalue weighted by atomic mass is 16.5. The molecule has 0 fully saturated rings. The van der Waals surface area contributed by atoms with Crippen molar-refractivity contribution in [3.63, 3.8) is 0 Å². The van der Waals surface area contributed by atoms with Crippen molar-refractivity contribution >= 4 is 11.7 Å². The Labute approximate surface area is 151 Å². The molecular formula is C17H23N7O2. The Bertz CT molecular complexity index is 913. The fourth-order valence-electron chi connectivity index (χ4n) is 2.59. The Morgan fingerprint density at radius 3 is 2.69 bits per heavy atom. The SMILES string of the molecule is CC(C)Cc1noc(C(C)NC(=O)c2cc(C(C)C)n3ncnc3n2)n1. The van der Waals surface area contributed by atoms with Crippen LogP contribution in [-0.4, -0.2) is 35.6 Å². The van der Waals surface area contributed by atoms with E-state index in [0.29, 0.717) is 23.4 Å². The summed E-state index contributed by atoms with van der Waals surface area (Å²) in [4.78, 5) is 25.4. The second kappa shape index (κ2) is 7.19. The second-order valence-corrected chi connectivity index (χ2v) is 7.03. The molecule has 1 N–H and O–H groups in total. The van der Waals surface area contributed by atoms with E-state index < -0.39 is 6.04 Å². The average Bonchev–Trinajstić information content (AvgIpc) is 3.21. The Hall–Kier alpha value is -2.84. The molecule has 0 aromatic carbocycles. The summed E-state index contributed by atoms with van der Waals surface area (Å²) < 4.78 is 6.90. The van der Waals surface area contributed by atoms with Gasteiger partial charge in [-0.1, -0.05) is 32.9 Å². The Morgan fingerprint density at radius 2 is 2.00 bits per heavy atom. The van der Waals surface area contributed by atoms with Crippen LogP contribution < -0.4 is 5.32 Å². The molecule has 0 saturated heterocycles. The van der Waals surface area contributed by atoms with Gasteiger partial charge in [-0.3, -0.25) is 4.79 Å². The van der Waals surface area contributed by atoms with E-state index in [1.165, 1.54) is 6.33 Å². The molecule has 1 amide bonds. The Kier molecular flexibility index (Phi) is 4.97. The third-order valence-electron chi connectivity index (χ3n) is 3.90. The molecule has 3 heterocycles. The van der Waals surface area contributed by atoms with Crippen molar-refractivity contribution in [1.82, 2.24) is 35.0 Å². The first kappa shape index (κ1) is 18.0. The molecule has 0 spiro atoms. The van der Waals surface area contributed by atoms with E-state index in [0.717, 1.165) is 12.1 Å². The average molecular weight is 357 g/mol. The van der Waals surface area contributed by atoms with Crippen molar-refractivity contribution in [2.75, 3.05) is 0 Å². The molecule has 3 aromatic rings. The number of carbonyl (C=O) groups is 1.